The second-order valence-corrected chi connectivity index (χ2v) is 7.39. The lowest BCUT2D eigenvalue weighted by Gasteiger charge is -2.30. The zero-order valence-electron chi connectivity index (χ0n) is 16.8. The highest BCUT2D eigenvalue weighted by atomic mass is 127. The normalized spacial score (nSPS) is 20.2. The third-order valence-electron chi connectivity index (χ3n) is 4.78. The van der Waals surface area contributed by atoms with Crippen molar-refractivity contribution in [2.45, 2.75) is 60.1 Å². The van der Waals surface area contributed by atoms with E-state index in [4.69, 9.17) is 9.73 Å². The second-order valence-electron chi connectivity index (χ2n) is 7.39. The lowest BCUT2D eigenvalue weighted by atomic mass is 9.89. The predicted molar refractivity (Wildman–Crippen MR) is 115 cm³/mol. The first-order valence-corrected chi connectivity index (χ1v) is 9.17. The molecule has 1 aliphatic heterocycles. The van der Waals surface area contributed by atoms with Gasteiger partial charge in [0.1, 0.15) is 0 Å². The molecular weight excluding hydrogens is 415 g/mol. The van der Waals surface area contributed by atoms with Crippen LogP contribution in [-0.4, -0.2) is 74.3 Å². The van der Waals surface area contributed by atoms with Gasteiger partial charge in [-0.15, -0.1) is 24.0 Å². The van der Waals surface area contributed by atoms with Crippen molar-refractivity contribution in [3.63, 3.8) is 0 Å². The van der Waals surface area contributed by atoms with E-state index >= 15 is 0 Å². The summed E-state index contributed by atoms with van der Waals surface area (Å²) in [5, 5.41) is 3.45. The van der Waals surface area contributed by atoms with Crippen molar-refractivity contribution in [2.75, 3.05) is 46.4 Å². The zero-order valence-corrected chi connectivity index (χ0v) is 19.1. The molecule has 5 nitrogen and oxygen atoms in total. The van der Waals surface area contributed by atoms with Crippen LogP contribution >= 0.6 is 24.0 Å². The summed E-state index contributed by atoms with van der Waals surface area (Å²) in [7, 11) is 1.78. The van der Waals surface area contributed by atoms with Gasteiger partial charge in [0, 0.05) is 32.8 Å². The summed E-state index contributed by atoms with van der Waals surface area (Å²) in [6.07, 6.45) is 1.36. The molecule has 2 unspecified atom stereocenters. The van der Waals surface area contributed by atoms with Crippen molar-refractivity contribution >= 4 is 29.9 Å². The molecule has 24 heavy (non-hydrogen) atoms. The molecule has 0 radical (unpaired) electrons. The van der Waals surface area contributed by atoms with E-state index in [0.717, 1.165) is 38.7 Å². The summed E-state index contributed by atoms with van der Waals surface area (Å²) in [5.41, 5.74) is 0.102. The summed E-state index contributed by atoms with van der Waals surface area (Å²) >= 11 is 0. The number of likely N-dealkylation sites (tertiary alicyclic amines) is 1. The molecule has 1 aliphatic rings. The third kappa shape index (κ3) is 7.04. The highest BCUT2D eigenvalue weighted by Crippen LogP contribution is 2.22. The van der Waals surface area contributed by atoms with Crippen molar-refractivity contribution < 1.29 is 4.74 Å². The smallest absolute Gasteiger partial charge is 0.194 e. The van der Waals surface area contributed by atoms with E-state index in [1.807, 2.05) is 0 Å². The fourth-order valence-corrected chi connectivity index (χ4v) is 3.27. The molecule has 0 aliphatic carbocycles. The summed E-state index contributed by atoms with van der Waals surface area (Å²) < 4.78 is 5.64. The summed E-state index contributed by atoms with van der Waals surface area (Å²) in [6, 6.07) is 0.648. The molecule has 0 saturated carbocycles. The van der Waals surface area contributed by atoms with E-state index < -0.39 is 0 Å². The van der Waals surface area contributed by atoms with Gasteiger partial charge in [0.15, 0.2) is 5.96 Å². The first-order chi connectivity index (χ1) is 10.9. The van der Waals surface area contributed by atoms with Gasteiger partial charge < -0.3 is 15.0 Å². The van der Waals surface area contributed by atoms with Gasteiger partial charge in [0.25, 0.3) is 0 Å². The third-order valence-corrected chi connectivity index (χ3v) is 4.78. The van der Waals surface area contributed by atoms with Crippen LogP contribution in [-0.2, 0) is 4.74 Å². The summed E-state index contributed by atoms with van der Waals surface area (Å²) in [6.45, 7) is 19.2. The average Bonchev–Trinajstić information content (AvgIpc) is 2.96. The van der Waals surface area contributed by atoms with E-state index in [0.29, 0.717) is 12.6 Å². The maximum absolute atomic E-state index is 5.64. The second kappa shape index (κ2) is 11.5. The van der Waals surface area contributed by atoms with E-state index in [9.17, 15) is 0 Å². The number of methoxy groups -OCH3 is 1. The lowest BCUT2D eigenvalue weighted by Crippen LogP contribution is -2.44. The Kier molecular flexibility index (Phi) is 11.5. The van der Waals surface area contributed by atoms with Crippen LogP contribution in [0.3, 0.4) is 0 Å². The molecular formula is C18H39IN4O. The standard InChI is InChI=1S/C18H38N4O.HI/c1-8-19-17(20-13-16(23-7)18(4,5)6)22-12-11-15(14-22)21(9-2)10-3;/h15-16H,8-14H2,1-7H3,(H,19,20);1H. The van der Waals surface area contributed by atoms with E-state index in [-0.39, 0.29) is 35.5 Å². The topological polar surface area (TPSA) is 40.1 Å². The molecule has 0 aromatic carbocycles. The quantitative estimate of drug-likeness (QED) is 0.365. The van der Waals surface area contributed by atoms with Gasteiger partial charge in [-0.3, -0.25) is 9.89 Å². The molecule has 1 heterocycles. The number of likely N-dealkylation sites (N-methyl/N-ethyl adjacent to an activating group) is 1. The van der Waals surface area contributed by atoms with Crippen molar-refractivity contribution in [1.82, 2.24) is 15.1 Å². The number of hydrogen-bond acceptors (Lipinski definition) is 3. The predicted octanol–water partition coefficient (Wildman–Crippen LogP) is 3.05. The fraction of sp³-hybridized carbons (Fsp3) is 0.944. The van der Waals surface area contributed by atoms with E-state index in [2.05, 4.69) is 56.7 Å². The van der Waals surface area contributed by atoms with Crippen molar-refractivity contribution in [2.24, 2.45) is 10.4 Å². The fourth-order valence-electron chi connectivity index (χ4n) is 3.27. The highest BCUT2D eigenvalue weighted by Gasteiger charge is 2.29. The number of aliphatic imine (C=N–C) groups is 1. The molecule has 2 atom stereocenters. The van der Waals surface area contributed by atoms with Gasteiger partial charge in [0.2, 0.25) is 0 Å². The Morgan fingerprint density at radius 2 is 1.92 bits per heavy atom. The minimum atomic E-state index is 0. The summed E-state index contributed by atoms with van der Waals surface area (Å²) in [4.78, 5) is 9.82. The number of rotatable bonds is 7. The maximum Gasteiger partial charge on any atom is 0.194 e. The van der Waals surface area contributed by atoms with Gasteiger partial charge in [-0.25, -0.2) is 0 Å². The molecule has 0 spiro atoms. The first kappa shape index (κ1) is 23.9. The number of hydrogen-bond donors (Lipinski definition) is 1. The minimum absolute atomic E-state index is 0. The zero-order chi connectivity index (χ0) is 17.5. The van der Waals surface area contributed by atoms with E-state index in [1.165, 1.54) is 6.42 Å². The summed E-state index contributed by atoms with van der Waals surface area (Å²) in [5.74, 6) is 1.04. The number of nitrogens with zero attached hydrogens (tertiary/aromatic N) is 3. The largest absolute Gasteiger partial charge is 0.379 e. The van der Waals surface area contributed by atoms with Crippen LogP contribution in [0.4, 0.5) is 0 Å². The average molecular weight is 454 g/mol. The maximum atomic E-state index is 5.64. The number of nitrogens with one attached hydrogen (secondary N) is 1. The van der Waals surface area contributed by atoms with Crippen molar-refractivity contribution in [3.05, 3.63) is 0 Å². The Hall–Kier alpha value is -0.0800. The van der Waals surface area contributed by atoms with Crippen LogP contribution in [0.5, 0.6) is 0 Å². The van der Waals surface area contributed by atoms with Crippen LogP contribution in [0.15, 0.2) is 4.99 Å². The lowest BCUT2D eigenvalue weighted by molar-refractivity contribution is 0.0240. The van der Waals surface area contributed by atoms with Gasteiger partial charge >= 0.3 is 0 Å². The first-order valence-electron chi connectivity index (χ1n) is 9.17. The number of ether oxygens (including phenoxy) is 1. The highest BCUT2D eigenvalue weighted by molar-refractivity contribution is 14.0. The van der Waals surface area contributed by atoms with Crippen molar-refractivity contribution in [3.8, 4) is 0 Å². The van der Waals surface area contributed by atoms with Crippen LogP contribution in [0.2, 0.25) is 0 Å². The van der Waals surface area contributed by atoms with Gasteiger partial charge in [-0.1, -0.05) is 34.6 Å². The molecule has 144 valence electrons. The Morgan fingerprint density at radius 3 is 2.38 bits per heavy atom. The SMILES string of the molecule is CCNC(=NCC(OC)C(C)(C)C)N1CCC(N(CC)CC)C1.I. The molecule has 1 saturated heterocycles. The van der Waals surface area contributed by atoms with Crippen LogP contribution in [0, 0.1) is 5.41 Å². The van der Waals surface area contributed by atoms with Gasteiger partial charge in [-0.2, -0.15) is 0 Å². The Morgan fingerprint density at radius 1 is 1.29 bits per heavy atom. The van der Waals surface area contributed by atoms with E-state index in [1.54, 1.807) is 7.11 Å². The number of guanidine groups is 1. The van der Waals surface area contributed by atoms with Crippen LogP contribution in [0.1, 0.15) is 48.0 Å². The molecule has 1 N–H and O–H groups in total. The Balaban J connectivity index is 0.00000529. The minimum Gasteiger partial charge on any atom is -0.379 e. The Labute approximate surface area is 166 Å². The molecule has 0 aromatic heterocycles. The molecule has 1 fully saturated rings. The molecule has 0 amide bonds. The molecule has 6 heteroatoms. The van der Waals surface area contributed by atoms with Gasteiger partial charge in [0.05, 0.1) is 12.6 Å². The molecule has 0 aromatic rings. The van der Waals surface area contributed by atoms with Crippen molar-refractivity contribution in [1.29, 1.82) is 0 Å². The van der Waals surface area contributed by atoms with Gasteiger partial charge in [-0.05, 0) is 31.8 Å². The number of halogens is 1. The van der Waals surface area contributed by atoms with Crippen LogP contribution < -0.4 is 5.32 Å². The Bertz CT molecular complexity index is 367. The van der Waals surface area contributed by atoms with Crippen LogP contribution in [0.25, 0.3) is 0 Å². The molecule has 1 rings (SSSR count). The monoisotopic (exact) mass is 454 g/mol. The molecule has 0 bridgehead atoms.